The lowest BCUT2D eigenvalue weighted by Gasteiger charge is -2.54. The molecule has 1 N–H and O–H groups in total. The molecule has 24 heavy (non-hydrogen) atoms. The minimum absolute atomic E-state index is 0. The maximum atomic E-state index is 12.2. The molecule has 1 rings (SSSR count). The van der Waals surface area contributed by atoms with Gasteiger partial charge in [0.25, 0.3) is 5.91 Å². The highest BCUT2D eigenvalue weighted by Gasteiger charge is 2.44. The van der Waals surface area contributed by atoms with Gasteiger partial charge in [0.1, 0.15) is 0 Å². The SMILES string of the molecule is Cc1ccc(C(=O)NCCC[N+](C)(C(C)(C)C)C(C)(C)C)cc1.[Br-]. The quantitative estimate of drug-likeness (QED) is 0.585. The zero-order valence-corrected chi connectivity index (χ0v) is 18.3. The second kappa shape index (κ2) is 8.48. The lowest BCUT2D eigenvalue weighted by molar-refractivity contribution is -0.994. The van der Waals surface area contributed by atoms with Gasteiger partial charge in [-0.3, -0.25) is 4.79 Å². The third-order valence-corrected chi connectivity index (χ3v) is 5.34. The van der Waals surface area contributed by atoms with E-state index in [9.17, 15) is 4.79 Å². The van der Waals surface area contributed by atoms with E-state index in [1.165, 1.54) is 5.56 Å². The van der Waals surface area contributed by atoms with Crippen molar-refractivity contribution >= 4 is 5.91 Å². The van der Waals surface area contributed by atoms with Gasteiger partial charge in [0.05, 0.1) is 24.7 Å². The minimum Gasteiger partial charge on any atom is -1.00 e. The van der Waals surface area contributed by atoms with Gasteiger partial charge in [0.2, 0.25) is 0 Å². The number of hydrogen-bond acceptors (Lipinski definition) is 1. The van der Waals surface area contributed by atoms with Crippen molar-refractivity contribution in [3.05, 3.63) is 35.4 Å². The van der Waals surface area contributed by atoms with Crippen molar-refractivity contribution in [3.8, 4) is 0 Å². The first-order valence-corrected chi connectivity index (χ1v) is 8.59. The topological polar surface area (TPSA) is 29.1 Å². The van der Waals surface area contributed by atoms with Gasteiger partial charge in [0.15, 0.2) is 0 Å². The lowest BCUT2D eigenvalue weighted by atomic mass is 9.91. The van der Waals surface area contributed by atoms with Gasteiger partial charge in [-0.1, -0.05) is 17.7 Å². The molecule has 1 aromatic rings. The fourth-order valence-electron chi connectivity index (χ4n) is 3.08. The van der Waals surface area contributed by atoms with Crippen LogP contribution in [-0.4, -0.2) is 41.6 Å². The monoisotopic (exact) mass is 398 g/mol. The summed E-state index contributed by atoms with van der Waals surface area (Å²) in [7, 11) is 2.32. The number of carbonyl (C=O) groups excluding carboxylic acids is 1. The second-order valence-electron chi connectivity index (χ2n) is 8.73. The number of nitrogens with one attached hydrogen (secondary N) is 1. The van der Waals surface area contributed by atoms with E-state index in [1.54, 1.807) is 0 Å². The first-order chi connectivity index (χ1) is 10.4. The van der Waals surface area contributed by atoms with Crippen molar-refractivity contribution in [2.75, 3.05) is 20.1 Å². The Morgan fingerprint density at radius 2 is 1.46 bits per heavy atom. The van der Waals surface area contributed by atoms with Gasteiger partial charge in [-0.05, 0) is 60.6 Å². The molecule has 0 spiro atoms. The lowest BCUT2D eigenvalue weighted by Crippen LogP contribution is -3.00. The van der Waals surface area contributed by atoms with E-state index in [1.807, 2.05) is 31.2 Å². The Balaban J connectivity index is 0.00000529. The molecule has 0 aliphatic carbocycles. The van der Waals surface area contributed by atoms with Gasteiger partial charge in [-0.25, -0.2) is 0 Å². The normalized spacial score (nSPS) is 12.5. The fraction of sp³-hybridized carbons (Fsp3) is 0.650. The average molecular weight is 399 g/mol. The molecule has 3 nitrogen and oxygen atoms in total. The number of halogens is 1. The molecular weight excluding hydrogens is 364 g/mol. The predicted molar refractivity (Wildman–Crippen MR) is 98.7 cm³/mol. The summed E-state index contributed by atoms with van der Waals surface area (Å²) < 4.78 is 0.973. The molecule has 1 amide bonds. The van der Waals surface area contributed by atoms with Crippen LogP contribution in [0.15, 0.2) is 24.3 Å². The molecule has 1 aromatic carbocycles. The van der Waals surface area contributed by atoms with E-state index >= 15 is 0 Å². The van der Waals surface area contributed by atoms with Crippen molar-refractivity contribution in [1.82, 2.24) is 5.32 Å². The summed E-state index contributed by atoms with van der Waals surface area (Å²) in [5.41, 5.74) is 2.24. The fourth-order valence-corrected chi connectivity index (χ4v) is 3.08. The van der Waals surface area contributed by atoms with E-state index in [4.69, 9.17) is 0 Å². The van der Waals surface area contributed by atoms with Crippen LogP contribution in [0.1, 0.15) is 63.9 Å². The Bertz CT molecular complexity index is 510. The molecular formula is C20H35BrN2O. The standard InChI is InChI=1S/C20H34N2O.BrH/c1-16-10-12-17(13-11-16)18(23)21-14-9-15-22(8,19(2,3)4)20(5,6)7;/h10-13H,9,14-15H2,1-8H3;1H. The zero-order valence-electron chi connectivity index (χ0n) is 16.7. The number of aryl methyl sites for hydroxylation is 1. The number of rotatable bonds is 5. The second-order valence-corrected chi connectivity index (χ2v) is 8.73. The molecule has 138 valence electrons. The molecule has 0 aliphatic rings. The predicted octanol–water partition coefficient (Wildman–Crippen LogP) is 1.16. The first kappa shape index (κ1) is 23.1. The van der Waals surface area contributed by atoms with E-state index in [0.29, 0.717) is 6.54 Å². The number of quaternary nitrogens is 1. The Labute approximate surface area is 159 Å². The Morgan fingerprint density at radius 3 is 1.88 bits per heavy atom. The van der Waals surface area contributed by atoms with Crippen molar-refractivity contribution in [2.24, 2.45) is 0 Å². The molecule has 0 unspecified atom stereocenters. The summed E-state index contributed by atoms with van der Waals surface area (Å²) in [5.74, 6) is 0.0192. The van der Waals surface area contributed by atoms with Crippen LogP contribution in [0.4, 0.5) is 0 Å². The molecule has 0 saturated heterocycles. The van der Waals surface area contributed by atoms with Gasteiger partial charge in [-0.15, -0.1) is 0 Å². The Morgan fingerprint density at radius 1 is 1.00 bits per heavy atom. The zero-order chi connectivity index (χ0) is 17.9. The van der Waals surface area contributed by atoms with Crippen molar-refractivity contribution in [3.63, 3.8) is 0 Å². The molecule has 0 aromatic heterocycles. The summed E-state index contributed by atoms with van der Waals surface area (Å²) in [4.78, 5) is 12.2. The minimum atomic E-state index is 0. The first-order valence-electron chi connectivity index (χ1n) is 8.59. The van der Waals surface area contributed by atoms with Crippen LogP contribution in [0, 0.1) is 6.92 Å². The molecule has 0 aliphatic heterocycles. The van der Waals surface area contributed by atoms with Gasteiger partial charge < -0.3 is 26.8 Å². The Hall–Kier alpha value is -0.870. The van der Waals surface area contributed by atoms with Crippen LogP contribution in [0.25, 0.3) is 0 Å². The summed E-state index contributed by atoms with van der Waals surface area (Å²) in [6.07, 6.45) is 0.975. The van der Waals surface area contributed by atoms with Gasteiger partial charge >= 0.3 is 0 Å². The maximum absolute atomic E-state index is 12.2. The summed E-state index contributed by atoms with van der Waals surface area (Å²) in [6.45, 7) is 17.6. The summed E-state index contributed by atoms with van der Waals surface area (Å²) in [6, 6.07) is 7.72. The summed E-state index contributed by atoms with van der Waals surface area (Å²) >= 11 is 0. The smallest absolute Gasteiger partial charge is 0.251 e. The highest BCUT2D eigenvalue weighted by molar-refractivity contribution is 5.94. The van der Waals surface area contributed by atoms with E-state index in [-0.39, 0.29) is 34.0 Å². The third-order valence-electron chi connectivity index (χ3n) is 5.34. The molecule has 4 heteroatoms. The largest absolute Gasteiger partial charge is 1.00 e. The van der Waals surface area contributed by atoms with Crippen molar-refractivity contribution in [2.45, 2.75) is 66.0 Å². The number of benzene rings is 1. The Kier molecular flexibility index (Phi) is 8.17. The van der Waals surface area contributed by atoms with E-state index in [2.05, 4.69) is 53.9 Å². The van der Waals surface area contributed by atoms with Gasteiger partial charge in [-0.2, -0.15) is 0 Å². The van der Waals surface area contributed by atoms with Crippen LogP contribution in [0.5, 0.6) is 0 Å². The highest BCUT2D eigenvalue weighted by Crippen LogP contribution is 2.33. The van der Waals surface area contributed by atoms with Crippen molar-refractivity contribution < 1.29 is 26.3 Å². The number of amides is 1. The van der Waals surface area contributed by atoms with Crippen LogP contribution < -0.4 is 22.3 Å². The molecule has 0 bridgehead atoms. The van der Waals surface area contributed by atoms with Crippen LogP contribution in [-0.2, 0) is 0 Å². The van der Waals surface area contributed by atoms with E-state index < -0.39 is 0 Å². The number of nitrogens with zero attached hydrogens (tertiary/aromatic N) is 1. The third kappa shape index (κ3) is 5.59. The highest BCUT2D eigenvalue weighted by atomic mass is 79.9. The molecule has 0 saturated carbocycles. The summed E-state index contributed by atoms with van der Waals surface area (Å²) in [5, 5.41) is 3.04. The molecule has 0 atom stereocenters. The average Bonchev–Trinajstić information content (AvgIpc) is 2.41. The van der Waals surface area contributed by atoms with Crippen LogP contribution >= 0.6 is 0 Å². The van der Waals surface area contributed by atoms with Crippen LogP contribution in [0.2, 0.25) is 0 Å². The van der Waals surface area contributed by atoms with Gasteiger partial charge in [0, 0.05) is 18.5 Å². The molecule has 0 radical (unpaired) electrons. The van der Waals surface area contributed by atoms with Crippen LogP contribution in [0.3, 0.4) is 0 Å². The molecule has 0 fully saturated rings. The maximum Gasteiger partial charge on any atom is 0.251 e. The molecule has 0 heterocycles. The number of carbonyl (C=O) groups is 1. The number of hydrogen-bond donors (Lipinski definition) is 1. The van der Waals surface area contributed by atoms with E-state index in [0.717, 1.165) is 23.0 Å². The van der Waals surface area contributed by atoms with Crippen molar-refractivity contribution in [1.29, 1.82) is 0 Å².